The van der Waals surface area contributed by atoms with Crippen molar-refractivity contribution in [3.8, 4) is 11.5 Å². The number of aryl methyl sites for hydroxylation is 1. The first kappa shape index (κ1) is 17.5. The van der Waals surface area contributed by atoms with E-state index in [2.05, 4.69) is 35.4 Å². The van der Waals surface area contributed by atoms with Gasteiger partial charge in [-0.2, -0.15) is 4.98 Å². The Morgan fingerprint density at radius 1 is 1.17 bits per heavy atom. The van der Waals surface area contributed by atoms with Crippen LogP contribution >= 0.6 is 11.6 Å². The highest BCUT2D eigenvalue weighted by Gasteiger charge is 2.19. The second-order valence-electron chi connectivity index (χ2n) is 6.56. The molecule has 4 heterocycles. The smallest absolute Gasteiger partial charge is 0.223 e. The molecule has 0 amide bonds. The van der Waals surface area contributed by atoms with Crippen LogP contribution in [0, 0.1) is 6.92 Å². The number of H-pyrrole nitrogens is 1. The van der Waals surface area contributed by atoms with E-state index in [9.17, 15) is 0 Å². The predicted octanol–water partition coefficient (Wildman–Crippen LogP) is 4.09. The molecule has 4 aromatic heterocycles. The monoisotopic (exact) mass is 406 g/mol. The number of imidazole rings is 1. The number of anilines is 1. The number of pyridine rings is 1. The van der Waals surface area contributed by atoms with Crippen LogP contribution in [-0.2, 0) is 0 Å². The van der Waals surface area contributed by atoms with Crippen molar-refractivity contribution >= 4 is 39.4 Å². The van der Waals surface area contributed by atoms with E-state index in [4.69, 9.17) is 21.1 Å². The molecular formula is C19H15ClN8O. The molecule has 0 aliphatic rings. The van der Waals surface area contributed by atoms with Crippen molar-refractivity contribution in [1.29, 1.82) is 0 Å². The van der Waals surface area contributed by atoms with Gasteiger partial charge in [-0.05, 0) is 24.4 Å². The van der Waals surface area contributed by atoms with Gasteiger partial charge in [0, 0.05) is 12.3 Å². The normalized spacial score (nSPS) is 12.5. The summed E-state index contributed by atoms with van der Waals surface area (Å²) >= 11 is 6.46. The lowest BCUT2D eigenvalue weighted by molar-refractivity contribution is 0.394. The summed E-state index contributed by atoms with van der Waals surface area (Å²) < 4.78 is 5.16. The minimum absolute atomic E-state index is 0.175. The van der Waals surface area contributed by atoms with Crippen LogP contribution in [0.4, 0.5) is 5.82 Å². The fraction of sp³-hybridized carbons (Fsp3) is 0.158. The molecule has 0 saturated carbocycles. The molecule has 144 valence electrons. The molecular weight excluding hydrogens is 392 g/mol. The lowest BCUT2D eigenvalue weighted by atomic mass is 10.1. The van der Waals surface area contributed by atoms with Gasteiger partial charge in [-0.3, -0.25) is 0 Å². The van der Waals surface area contributed by atoms with E-state index in [-0.39, 0.29) is 6.04 Å². The number of rotatable bonds is 4. The first-order chi connectivity index (χ1) is 14.1. The second kappa shape index (κ2) is 6.78. The number of nitrogens with zero attached hydrogens (tertiary/aromatic N) is 6. The first-order valence-corrected chi connectivity index (χ1v) is 9.28. The molecule has 0 aliphatic heterocycles. The predicted molar refractivity (Wildman–Crippen MR) is 109 cm³/mol. The number of aromatic nitrogens is 7. The summed E-state index contributed by atoms with van der Waals surface area (Å²) in [5.74, 6) is 1.50. The number of hydrogen-bond acceptors (Lipinski definition) is 8. The molecule has 1 atom stereocenters. The van der Waals surface area contributed by atoms with E-state index in [0.29, 0.717) is 33.9 Å². The van der Waals surface area contributed by atoms with Gasteiger partial charge in [0.1, 0.15) is 17.5 Å². The van der Waals surface area contributed by atoms with E-state index in [1.807, 2.05) is 31.2 Å². The molecule has 10 heteroatoms. The van der Waals surface area contributed by atoms with Crippen LogP contribution in [0.5, 0.6) is 0 Å². The third kappa shape index (κ3) is 3.05. The maximum absolute atomic E-state index is 6.46. The molecule has 0 bridgehead atoms. The maximum atomic E-state index is 6.46. The molecule has 5 rings (SSSR count). The lowest BCUT2D eigenvalue weighted by Gasteiger charge is -2.16. The van der Waals surface area contributed by atoms with Crippen LogP contribution in [0.2, 0.25) is 5.02 Å². The molecule has 0 fully saturated rings. The highest BCUT2D eigenvalue weighted by Crippen LogP contribution is 2.33. The Balaban J connectivity index is 1.62. The molecule has 2 N–H and O–H groups in total. The van der Waals surface area contributed by atoms with Crippen LogP contribution in [-0.4, -0.2) is 35.1 Å². The van der Waals surface area contributed by atoms with E-state index < -0.39 is 0 Å². The minimum Gasteiger partial charge on any atom is -0.360 e. The third-order valence-corrected chi connectivity index (χ3v) is 4.90. The summed E-state index contributed by atoms with van der Waals surface area (Å²) in [4.78, 5) is 24.8. The molecule has 0 saturated heterocycles. The molecule has 5 aromatic rings. The summed E-state index contributed by atoms with van der Waals surface area (Å²) in [5, 5.41) is 9.70. The van der Waals surface area contributed by atoms with Crippen LogP contribution in [0.25, 0.3) is 33.5 Å². The van der Waals surface area contributed by atoms with Gasteiger partial charge in [0.2, 0.25) is 11.7 Å². The SMILES string of the molecule is Cc1nc(-c2nc(C(C)Nc3ncnc4nc[nH]c34)cc3cccc(Cl)c23)no1. The van der Waals surface area contributed by atoms with E-state index >= 15 is 0 Å². The van der Waals surface area contributed by atoms with Crippen molar-refractivity contribution in [2.45, 2.75) is 19.9 Å². The van der Waals surface area contributed by atoms with Crippen LogP contribution in [0.1, 0.15) is 24.6 Å². The molecule has 1 unspecified atom stereocenters. The van der Waals surface area contributed by atoms with Crippen molar-refractivity contribution in [2.24, 2.45) is 0 Å². The fourth-order valence-electron chi connectivity index (χ4n) is 3.22. The highest BCUT2D eigenvalue weighted by atomic mass is 35.5. The average molecular weight is 407 g/mol. The molecule has 29 heavy (non-hydrogen) atoms. The van der Waals surface area contributed by atoms with Gasteiger partial charge < -0.3 is 14.8 Å². The zero-order valence-corrected chi connectivity index (χ0v) is 16.3. The summed E-state index contributed by atoms with van der Waals surface area (Å²) in [7, 11) is 0. The van der Waals surface area contributed by atoms with E-state index in [1.165, 1.54) is 6.33 Å². The standard InChI is InChI=1S/C19H15ClN8O/c1-9(25-18-16-17(22-7-21-16)23-8-24-18)13-6-11-4-3-5-12(20)14(11)15(27-13)19-26-10(2)29-28-19/h3-9H,1-2H3,(H2,21,22,23,24,25). The lowest BCUT2D eigenvalue weighted by Crippen LogP contribution is -2.11. The maximum Gasteiger partial charge on any atom is 0.223 e. The Morgan fingerprint density at radius 2 is 2.07 bits per heavy atom. The van der Waals surface area contributed by atoms with E-state index in [1.54, 1.807) is 13.3 Å². The molecule has 0 aliphatic carbocycles. The Bertz CT molecular complexity index is 1340. The Kier molecular flexibility index (Phi) is 4.09. The minimum atomic E-state index is -0.175. The zero-order chi connectivity index (χ0) is 20.0. The van der Waals surface area contributed by atoms with Crippen LogP contribution in [0.3, 0.4) is 0 Å². The second-order valence-corrected chi connectivity index (χ2v) is 6.97. The van der Waals surface area contributed by atoms with Gasteiger partial charge in [-0.1, -0.05) is 28.9 Å². The summed E-state index contributed by atoms with van der Waals surface area (Å²) in [6, 6.07) is 7.51. The Hall–Kier alpha value is -3.59. The van der Waals surface area contributed by atoms with Crippen molar-refractivity contribution in [3.63, 3.8) is 0 Å². The van der Waals surface area contributed by atoms with Gasteiger partial charge in [-0.15, -0.1) is 0 Å². The first-order valence-electron chi connectivity index (χ1n) is 8.90. The molecule has 0 spiro atoms. The quantitative estimate of drug-likeness (QED) is 0.458. The Labute approximate surface area is 169 Å². The largest absolute Gasteiger partial charge is 0.360 e. The highest BCUT2D eigenvalue weighted by molar-refractivity contribution is 6.36. The third-order valence-electron chi connectivity index (χ3n) is 4.59. The van der Waals surface area contributed by atoms with Crippen LogP contribution < -0.4 is 5.32 Å². The molecule has 0 radical (unpaired) electrons. The van der Waals surface area contributed by atoms with Crippen LogP contribution in [0.15, 0.2) is 41.4 Å². The van der Waals surface area contributed by atoms with Gasteiger partial charge in [0.25, 0.3) is 0 Å². The number of fused-ring (bicyclic) bond motifs is 2. The number of halogens is 1. The van der Waals surface area contributed by atoms with Gasteiger partial charge in [0.05, 0.1) is 23.1 Å². The summed E-state index contributed by atoms with van der Waals surface area (Å²) in [6.45, 7) is 3.73. The summed E-state index contributed by atoms with van der Waals surface area (Å²) in [6.07, 6.45) is 3.06. The number of hydrogen-bond donors (Lipinski definition) is 2. The van der Waals surface area contributed by atoms with Crippen molar-refractivity contribution in [3.05, 3.63) is 53.5 Å². The Morgan fingerprint density at radius 3 is 2.90 bits per heavy atom. The van der Waals surface area contributed by atoms with Crippen molar-refractivity contribution in [2.75, 3.05) is 5.32 Å². The number of aromatic amines is 1. The van der Waals surface area contributed by atoms with Gasteiger partial charge in [0.15, 0.2) is 11.5 Å². The van der Waals surface area contributed by atoms with Crippen molar-refractivity contribution < 1.29 is 4.52 Å². The summed E-state index contributed by atoms with van der Waals surface area (Å²) in [5.41, 5.74) is 2.68. The topological polar surface area (TPSA) is 118 Å². The molecule has 9 nitrogen and oxygen atoms in total. The number of nitrogens with one attached hydrogen (secondary N) is 2. The van der Waals surface area contributed by atoms with Gasteiger partial charge in [-0.25, -0.2) is 19.9 Å². The van der Waals surface area contributed by atoms with E-state index in [0.717, 1.165) is 22.0 Å². The van der Waals surface area contributed by atoms with Crippen molar-refractivity contribution in [1.82, 2.24) is 35.1 Å². The fourth-order valence-corrected chi connectivity index (χ4v) is 3.49. The molecule has 1 aromatic carbocycles. The average Bonchev–Trinajstić information content (AvgIpc) is 3.37. The zero-order valence-electron chi connectivity index (χ0n) is 15.5. The number of benzene rings is 1. The van der Waals surface area contributed by atoms with Gasteiger partial charge >= 0.3 is 0 Å².